The maximum absolute atomic E-state index is 12.6. The van der Waals surface area contributed by atoms with Gasteiger partial charge in [-0.15, -0.1) is 0 Å². The smallest absolute Gasteiger partial charge is 0.291 e. The average molecular weight is 415 g/mol. The lowest BCUT2D eigenvalue weighted by Crippen LogP contribution is -2.40. The van der Waals surface area contributed by atoms with E-state index in [9.17, 15) is 10.2 Å². The molecule has 0 spiro atoms. The summed E-state index contributed by atoms with van der Waals surface area (Å²) in [6.45, 7) is 6.63. The second kappa shape index (κ2) is 9.91. The van der Waals surface area contributed by atoms with E-state index in [1.165, 1.54) is 0 Å². The van der Waals surface area contributed by atoms with Crippen molar-refractivity contribution in [1.29, 1.82) is 0 Å². The van der Waals surface area contributed by atoms with Gasteiger partial charge >= 0.3 is 0 Å². The van der Waals surface area contributed by atoms with Gasteiger partial charge in [0.25, 0.3) is 11.6 Å². The van der Waals surface area contributed by atoms with Gasteiger partial charge in [0.15, 0.2) is 0 Å². The van der Waals surface area contributed by atoms with Crippen LogP contribution >= 0.6 is 0 Å². The fraction of sp³-hybridized carbons (Fsp3) is 0.636. The fourth-order valence-electron chi connectivity index (χ4n) is 4.41. The molecule has 0 saturated heterocycles. The fourth-order valence-corrected chi connectivity index (χ4v) is 4.41. The van der Waals surface area contributed by atoms with Gasteiger partial charge in [-0.3, -0.25) is 9.98 Å². The largest absolute Gasteiger partial charge is 0.853 e. The van der Waals surface area contributed by atoms with Gasteiger partial charge in [0.2, 0.25) is 0 Å². The van der Waals surface area contributed by atoms with Gasteiger partial charge in [-0.2, -0.15) is 0 Å². The van der Waals surface area contributed by atoms with Gasteiger partial charge in [-0.1, -0.05) is 6.42 Å². The molecule has 2 heterocycles. The van der Waals surface area contributed by atoms with Crippen molar-refractivity contribution in [2.24, 2.45) is 35.9 Å². The molecule has 0 N–H and O–H groups in total. The summed E-state index contributed by atoms with van der Waals surface area (Å²) in [7, 11) is 3.75. The van der Waals surface area contributed by atoms with Crippen molar-refractivity contribution in [2.45, 2.75) is 52.6 Å². The number of hydrogen-bond donors (Lipinski definition) is 0. The number of aliphatic imine (C=N–C) groups is 2. The summed E-state index contributed by atoms with van der Waals surface area (Å²) in [6.07, 6.45) is 11.8. The Morgan fingerprint density at radius 1 is 0.900 bits per heavy atom. The number of aryl methyl sites for hydroxylation is 4. The third-order valence-corrected chi connectivity index (χ3v) is 6.09. The topological polar surface area (TPSA) is 88.5 Å². The van der Waals surface area contributed by atoms with E-state index in [0.29, 0.717) is 36.6 Å². The molecular weight excluding hydrogens is 380 g/mol. The maximum atomic E-state index is 12.6. The Morgan fingerprint density at radius 2 is 1.33 bits per heavy atom. The van der Waals surface area contributed by atoms with Crippen LogP contribution in [0.1, 0.15) is 51.2 Å². The molecule has 0 bridgehead atoms. The first-order valence-electron chi connectivity index (χ1n) is 11.0. The lowest BCUT2D eigenvalue weighted by Gasteiger charge is -2.28. The lowest BCUT2D eigenvalue weighted by atomic mass is 9.81. The Balaban J connectivity index is 1.60. The first kappa shape index (κ1) is 22.1. The Labute approximate surface area is 178 Å². The molecule has 3 rings (SSSR count). The van der Waals surface area contributed by atoms with Gasteiger partial charge in [0.1, 0.15) is 24.8 Å². The quantitative estimate of drug-likeness (QED) is 0.337. The Hall–Kier alpha value is -2.64. The van der Waals surface area contributed by atoms with Crippen molar-refractivity contribution in [3.63, 3.8) is 0 Å². The van der Waals surface area contributed by atoms with Gasteiger partial charge < -0.3 is 10.2 Å². The first-order chi connectivity index (χ1) is 14.4. The van der Waals surface area contributed by atoms with Crippen molar-refractivity contribution in [2.75, 3.05) is 13.1 Å². The van der Waals surface area contributed by atoms with Crippen LogP contribution in [0.3, 0.4) is 0 Å². The summed E-state index contributed by atoms with van der Waals surface area (Å²) >= 11 is 0. The van der Waals surface area contributed by atoms with Crippen LogP contribution < -0.4 is 19.3 Å². The Kier molecular flexibility index (Phi) is 7.29. The molecule has 1 aliphatic rings. The van der Waals surface area contributed by atoms with Crippen molar-refractivity contribution in [3.05, 3.63) is 36.4 Å². The van der Waals surface area contributed by atoms with E-state index in [0.717, 1.165) is 38.8 Å². The second-order valence-electron chi connectivity index (χ2n) is 8.23. The summed E-state index contributed by atoms with van der Waals surface area (Å²) in [5.41, 5.74) is 0. The van der Waals surface area contributed by atoms with Crippen LogP contribution in [-0.4, -0.2) is 34.0 Å². The number of hydrogen-bond acceptors (Lipinski definition) is 4. The van der Waals surface area contributed by atoms with Gasteiger partial charge in [0.05, 0.1) is 39.0 Å². The van der Waals surface area contributed by atoms with Crippen LogP contribution in [-0.2, 0) is 27.2 Å². The highest BCUT2D eigenvalue weighted by atomic mass is 16.3. The molecule has 0 aromatic carbocycles. The van der Waals surface area contributed by atoms with E-state index in [2.05, 4.69) is 9.98 Å². The van der Waals surface area contributed by atoms with E-state index in [4.69, 9.17) is 0 Å². The molecular formula is C22H34N6O2. The summed E-state index contributed by atoms with van der Waals surface area (Å²) in [4.78, 5) is 8.76. The lowest BCUT2D eigenvalue weighted by molar-refractivity contribution is -0.674. The van der Waals surface area contributed by atoms with Gasteiger partial charge in [0, 0.05) is 13.1 Å². The van der Waals surface area contributed by atoms with Crippen LogP contribution in [0.2, 0.25) is 0 Å². The van der Waals surface area contributed by atoms with Crippen LogP contribution in [0.5, 0.6) is 0 Å². The van der Waals surface area contributed by atoms with Crippen molar-refractivity contribution in [3.8, 4) is 0 Å². The molecule has 0 amide bonds. The van der Waals surface area contributed by atoms with E-state index in [-0.39, 0.29) is 11.8 Å². The zero-order valence-electron chi connectivity index (χ0n) is 18.6. The average Bonchev–Trinajstić information content (AvgIpc) is 3.32. The molecule has 1 aliphatic carbocycles. The van der Waals surface area contributed by atoms with E-state index in [1.54, 1.807) is 0 Å². The van der Waals surface area contributed by atoms with Crippen LogP contribution in [0.25, 0.3) is 0 Å². The SMILES string of the molecule is CCn1cc[n+](C)c1C([O-])=NCC1CCCC(CN=C([O-])c2n(CC)cc[n+]2C)C1. The number of rotatable bonds is 8. The molecule has 2 atom stereocenters. The van der Waals surface area contributed by atoms with Crippen LogP contribution in [0, 0.1) is 11.8 Å². The minimum absolute atomic E-state index is 0.154. The highest BCUT2D eigenvalue weighted by Crippen LogP contribution is 2.29. The standard InChI is InChI=1S/C22H34N6O2/c1-5-27-12-10-25(3)21(27)19(29)23-15-17-8-7-9-18(14-17)16-24-20(30)22-26(4)11-13-28(22)6-2/h10-13,17-18H,5-9,14-16H2,1-4H3. The van der Waals surface area contributed by atoms with E-state index >= 15 is 0 Å². The third-order valence-electron chi connectivity index (χ3n) is 6.09. The molecule has 1 saturated carbocycles. The molecule has 2 unspecified atom stereocenters. The zero-order chi connectivity index (χ0) is 21.7. The number of imidazole rings is 2. The highest BCUT2D eigenvalue weighted by molar-refractivity contribution is 5.85. The second-order valence-corrected chi connectivity index (χ2v) is 8.23. The molecule has 0 radical (unpaired) electrons. The molecule has 30 heavy (non-hydrogen) atoms. The molecule has 2 aromatic rings. The van der Waals surface area contributed by atoms with E-state index < -0.39 is 0 Å². The van der Waals surface area contributed by atoms with Crippen molar-refractivity contribution < 1.29 is 19.3 Å². The predicted octanol–water partition coefficient (Wildman–Crippen LogP) is -0.301. The van der Waals surface area contributed by atoms with E-state index in [1.807, 2.05) is 71.0 Å². The van der Waals surface area contributed by atoms with Crippen LogP contribution in [0.4, 0.5) is 0 Å². The molecule has 8 heteroatoms. The van der Waals surface area contributed by atoms with Gasteiger partial charge in [-0.25, -0.2) is 18.3 Å². The Bertz CT molecular complexity index is 839. The normalized spacial score (nSPS) is 20.7. The zero-order valence-corrected chi connectivity index (χ0v) is 18.6. The predicted molar refractivity (Wildman–Crippen MR) is 111 cm³/mol. The number of nitrogens with zero attached hydrogens (tertiary/aromatic N) is 6. The summed E-state index contributed by atoms with van der Waals surface area (Å²) < 4.78 is 7.50. The molecule has 8 nitrogen and oxygen atoms in total. The Morgan fingerprint density at radius 3 is 1.73 bits per heavy atom. The summed E-state index contributed by atoms with van der Waals surface area (Å²) in [6, 6.07) is 0. The molecule has 2 aromatic heterocycles. The summed E-state index contributed by atoms with van der Waals surface area (Å²) in [5.74, 6) is 1.70. The van der Waals surface area contributed by atoms with Crippen molar-refractivity contribution >= 4 is 11.8 Å². The molecule has 1 fully saturated rings. The minimum Gasteiger partial charge on any atom is -0.853 e. The first-order valence-corrected chi connectivity index (χ1v) is 11.0. The number of aromatic nitrogens is 4. The third kappa shape index (κ3) is 4.91. The highest BCUT2D eigenvalue weighted by Gasteiger charge is 2.22. The monoisotopic (exact) mass is 414 g/mol. The van der Waals surface area contributed by atoms with Gasteiger partial charge in [-0.05, 0) is 44.9 Å². The maximum Gasteiger partial charge on any atom is 0.291 e. The minimum atomic E-state index is -0.154. The molecule has 0 aliphatic heterocycles. The summed E-state index contributed by atoms with van der Waals surface area (Å²) in [5, 5.41) is 25.2. The molecule has 164 valence electrons. The van der Waals surface area contributed by atoms with Crippen molar-refractivity contribution in [1.82, 2.24) is 9.13 Å². The van der Waals surface area contributed by atoms with Crippen LogP contribution in [0.15, 0.2) is 34.8 Å².